The summed E-state index contributed by atoms with van der Waals surface area (Å²) in [5, 5.41) is 33.5. The van der Waals surface area contributed by atoms with Gasteiger partial charge in [0.2, 0.25) is 11.8 Å². The molecule has 2 aliphatic rings. The van der Waals surface area contributed by atoms with E-state index in [1.807, 2.05) is 45.0 Å². The van der Waals surface area contributed by atoms with Gasteiger partial charge in [-0.25, -0.2) is 0 Å². The first-order valence-electron chi connectivity index (χ1n) is 13.0. The van der Waals surface area contributed by atoms with Crippen molar-refractivity contribution in [1.29, 1.82) is 0 Å². The number of carbonyl (C=O) groups excluding carboxylic acids is 2. The smallest absolute Gasteiger partial charge is 0.247 e. The highest BCUT2D eigenvalue weighted by atomic mass is 16.5. The number of benzene rings is 2. The third kappa shape index (κ3) is 5.85. The molecule has 0 radical (unpaired) electrons. The normalized spacial score (nSPS) is 21.2. The van der Waals surface area contributed by atoms with Gasteiger partial charge in [-0.15, -0.1) is 0 Å². The molecular weight excluding hydrogens is 500 g/mol. The Bertz CT molecular complexity index is 1280. The van der Waals surface area contributed by atoms with Gasteiger partial charge in [-0.1, -0.05) is 35.4 Å². The number of methoxy groups -OCH3 is 1. The Kier molecular flexibility index (Phi) is 8.74. The molecule has 9 nitrogen and oxygen atoms in total. The molecule has 0 aromatic heterocycles. The molecule has 9 heteroatoms. The van der Waals surface area contributed by atoms with E-state index in [1.54, 1.807) is 23.1 Å². The van der Waals surface area contributed by atoms with Crippen LogP contribution >= 0.6 is 0 Å². The molecular formula is C30H36N2O7. The lowest BCUT2D eigenvalue weighted by Gasteiger charge is -2.40. The number of ether oxygens (including phenoxy) is 2. The second kappa shape index (κ2) is 12.0. The van der Waals surface area contributed by atoms with Crippen molar-refractivity contribution in [2.24, 2.45) is 0 Å². The number of hydrogen-bond donors (Lipinski definition) is 4. The average molecular weight is 537 g/mol. The first kappa shape index (κ1) is 28.4. The predicted molar refractivity (Wildman–Crippen MR) is 145 cm³/mol. The van der Waals surface area contributed by atoms with Crippen LogP contribution in [0.25, 0.3) is 0 Å². The highest BCUT2D eigenvalue weighted by molar-refractivity contribution is 5.96. The fourth-order valence-corrected chi connectivity index (χ4v) is 5.17. The van der Waals surface area contributed by atoms with Crippen molar-refractivity contribution in [1.82, 2.24) is 10.2 Å². The van der Waals surface area contributed by atoms with Crippen LogP contribution in [0.4, 0.5) is 0 Å². The molecule has 0 saturated carbocycles. The average Bonchev–Trinajstić information content (AvgIpc) is 3.31. The standard InChI is InChI=1S/C30H36N2O7/c1-17(2)11-25(35)32(15-19-7-5-18(3)6-8-19)23-14-22(30(37)31-9-10-33)26-21-12-20(16-34)13-24(38-4)28(21)39-29(26)27(23)36/h5-8,11-14,23,26-27,29,33-34,36H,9-10,15-16H2,1-4H3,(H,31,37). The molecule has 1 aliphatic carbocycles. The van der Waals surface area contributed by atoms with Gasteiger partial charge in [-0.2, -0.15) is 0 Å². The Morgan fingerprint density at radius 3 is 2.46 bits per heavy atom. The van der Waals surface area contributed by atoms with Gasteiger partial charge in [0.05, 0.1) is 32.3 Å². The molecule has 0 saturated heterocycles. The van der Waals surface area contributed by atoms with Gasteiger partial charge in [0.25, 0.3) is 0 Å². The number of fused-ring (bicyclic) bond motifs is 3. The SMILES string of the molecule is COc1cc(CO)cc2c1OC1C2C(C(=O)NCCO)=CC(N(Cc2ccc(C)cc2)C(=O)C=C(C)C)C1O. The minimum Gasteiger partial charge on any atom is -0.493 e. The second-order valence-corrected chi connectivity index (χ2v) is 10.2. The number of aliphatic hydroxyl groups excluding tert-OH is 3. The molecule has 2 aromatic rings. The van der Waals surface area contributed by atoms with Crippen molar-refractivity contribution in [2.75, 3.05) is 20.3 Å². The third-order valence-corrected chi connectivity index (χ3v) is 7.02. The first-order chi connectivity index (χ1) is 18.7. The molecule has 0 bridgehead atoms. The molecule has 4 atom stereocenters. The zero-order chi connectivity index (χ0) is 28.3. The Hall–Kier alpha value is -3.66. The number of amides is 2. The maximum Gasteiger partial charge on any atom is 0.247 e. The van der Waals surface area contributed by atoms with Crippen molar-refractivity contribution in [3.05, 3.63) is 82.0 Å². The molecule has 1 aliphatic heterocycles. The molecule has 208 valence electrons. The van der Waals surface area contributed by atoms with E-state index in [9.17, 15) is 24.9 Å². The van der Waals surface area contributed by atoms with Gasteiger partial charge < -0.3 is 35.0 Å². The largest absolute Gasteiger partial charge is 0.493 e. The van der Waals surface area contributed by atoms with Gasteiger partial charge in [0, 0.05) is 30.3 Å². The molecule has 2 aromatic carbocycles. The Morgan fingerprint density at radius 1 is 1.13 bits per heavy atom. The number of rotatable bonds is 9. The summed E-state index contributed by atoms with van der Waals surface area (Å²) >= 11 is 0. The van der Waals surface area contributed by atoms with Crippen LogP contribution < -0.4 is 14.8 Å². The van der Waals surface area contributed by atoms with E-state index in [0.29, 0.717) is 28.2 Å². The highest BCUT2D eigenvalue weighted by Crippen LogP contribution is 2.51. The number of nitrogens with zero attached hydrogens (tertiary/aromatic N) is 1. The van der Waals surface area contributed by atoms with Crippen LogP contribution in [-0.2, 0) is 22.7 Å². The zero-order valence-corrected chi connectivity index (χ0v) is 22.7. The summed E-state index contributed by atoms with van der Waals surface area (Å²) in [7, 11) is 1.48. The Morgan fingerprint density at radius 2 is 1.85 bits per heavy atom. The van der Waals surface area contributed by atoms with Crippen LogP contribution in [0.2, 0.25) is 0 Å². The van der Waals surface area contributed by atoms with Crippen LogP contribution in [-0.4, -0.2) is 70.5 Å². The zero-order valence-electron chi connectivity index (χ0n) is 22.7. The number of carbonyl (C=O) groups is 2. The van der Waals surface area contributed by atoms with Gasteiger partial charge in [0.15, 0.2) is 11.5 Å². The lowest BCUT2D eigenvalue weighted by atomic mass is 9.77. The summed E-state index contributed by atoms with van der Waals surface area (Å²) < 4.78 is 11.8. The molecule has 4 N–H and O–H groups in total. The minimum absolute atomic E-state index is 0.0400. The molecule has 39 heavy (non-hydrogen) atoms. The Labute approximate surface area is 228 Å². The van der Waals surface area contributed by atoms with Crippen LogP contribution in [0.1, 0.15) is 42.0 Å². The van der Waals surface area contributed by atoms with Gasteiger partial charge >= 0.3 is 0 Å². The number of allylic oxidation sites excluding steroid dienone is 1. The first-order valence-corrected chi connectivity index (χ1v) is 13.0. The predicted octanol–water partition coefficient (Wildman–Crippen LogP) is 2.11. The van der Waals surface area contributed by atoms with E-state index in [0.717, 1.165) is 16.7 Å². The summed E-state index contributed by atoms with van der Waals surface area (Å²) in [4.78, 5) is 28.5. The van der Waals surface area contributed by atoms with E-state index < -0.39 is 30.1 Å². The summed E-state index contributed by atoms with van der Waals surface area (Å²) in [5.74, 6) is -0.663. The molecule has 0 fully saturated rings. The summed E-state index contributed by atoms with van der Waals surface area (Å²) in [6.07, 6.45) is 1.06. The number of aliphatic hydroxyl groups is 3. The quantitative estimate of drug-likeness (QED) is 0.362. The Balaban J connectivity index is 1.83. The van der Waals surface area contributed by atoms with E-state index >= 15 is 0 Å². The van der Waals surface area contributed by atoms with Gasteiger partial charge in [-0.05, 0) is 50.1 Å². The van der Waals surface area contributed by atoms with Crippen molar-refractivity contribution < 1.29 is 34.4 Å². The lowest BCUT2D eigenvalue weighted by Crippen LogP contribution is -2.55. The highest BCUT2D eigenvalue weighted by Gasteiger charge is 2.51. The second-order valence-electron chi connectivity index (χ2n) is 10.2. The number of nitrogens with one attached hydrogen (secondary N) is 1. The van der Waals surface area contributed by atoms with E-state index in [2.05, 4.69) is 5.32 Å². The van der Waals surface area contributed by atoms with Crippen molar-refractivity contribution in [3.8, 4) is 11.5 Å². The third-order valence-electron chi connectivity index (χ3n) is 7.02. The molecule has 4 rings (SSSR count). The van der Waals surface area contributed by atoms with Crippen molar-refractivity contribution in [3.63, 3.8) is 0 Å². The summed E-state index contributed by atoms with van der Waals surface area (Å²) in [5.41, 5.74) is 4.23. The molecule has 1 heterocycles. The molecule has 4 unspecified atom stereocenters. The fraction of sp³-hybridized carbons (Fsp3) is 0.400. The van der Waals surface area contributed by atoms with Gasteiger partial charge in [0.1, 0.15) is 12.2 Å². The number of aryl methyl sites for hydroxylation is 1. The maximum atomic E-state index is 13.5. The molecule has 0 spiro atoms. The monoisotopic (exact) mass is 536 g/mol. The number of hydrogen-bond acceptors (Lipinski definition) is 7. The van der Waals surface area contributed by atoms with Crippen LogP contribution in [0.5, 0.6) is 11.5 Å². The summed E-state index contributed by atoms with van der Waals surface area (Å²) in [6.45, 7) is 5.37. The molecule has 2 amide bonds. The van der Waals surface area contributed by atoms with Crippen LogP contribution in [0.15, 0.2) is 59.7 Å². The topological polar surface area (TPSA) is 129 Å². The van der Waals surface area contributed by atoms with E-state index in [1.165, 1.54) is 13.2 Å². The van der Waals surface area contributed by atoms with E-state index in [-0.39, 0.29) is 32.2 Å². The van der Waals surface area contributed by atoms with Gasteiger partial charge in [-0.3, -0.25) is 9.59 Å². The van der Waals surface area contributed by atoms with E-state index in [4.69, 9.17) is 9.47 Å². The van der Waals surface area contributed by atoms with Crippen molar-refractivity contribution >= 4 is 11.8 Å². The van der Waals surface area contributed by atoms with Crippen LogP contribution in [0, 0.1) is 6.92 Å². The summed E-state index contributed by atoms with van der Waals surface area (Å²) in [6, 6.07) is 10.3. The van der Waals surface area contributed by atoms with Crippen molar-refractivity contribution in [2.45, 2.75) is 58.1 Å². The van der Waals surface area contributed by atoms with Crippen LogP contribution in [0.3, 0.4) is 0 Å². The lowest BCUT2D eigenvalue weighted by molar-refractivity contribution is -0.133. The maximum absolute atomic E-state index is 13.5. The fourth-order valence-electron chi connectivity index (χ4n) is 5.17. The minimum atomic E-state index is -1.18.